The molecule has 0 amide bonds. The normalized spacial score (nSPS) is 11.9. The molecule has 2 heteroatoms. The van der Waals surface area contributed by atoms with E-state index in [-0.39, 0.29) is 0 Å². The van der Waals surface area contributed by atoms with Crippen LogP contribution in [-0.2, 0) is 7.05 Å². The fourth-order valence-corrected chi connectivity index (χ4v) is 5.21. The molecule has 0 saturated heterocycles. The number of aryl methyl sites for hydroxylation is 2. The van der Waals surface area contributed by atoms with E-state index >= 15 is 0 Å². The van der Waals surface area contributed by atoms with Crippen LogP contribution in [0.2, 0.25) is 0 Å². The maximum absolute atomic E-state index is 2.52. The molecule has 0 saturated carbocycles. The van der Waals surface area contributed by atoms with Crippen molar-refractivity contribution >= 4 is 21.8 Å². The van der Waals surface area contributed by atoms with Gasteiger partial charge in [0.25, 0.3) is 0 Å². The maximum Gasteiger partial charge on any atom is 0.212 e. The summed E-state index contributed by atoms with van der Waals surface area (Å²) in [6, 6.07) is 26.9. The predicted octanol–water partition coefficient (Wildman–Crippen LogP) is 7.83. The summed E-state index contributed by atoms with van der Waals surface area (Å²) in [5, 5.41) is 2.61. The second-order valence-corrected chi connectivity index (χ2v) is 9.83. The quantitative estimate of drug-likeness (QED) is 0.255. The van der Waals surface area contributed by atoms with Gasteiger partial charge in [0, 0.05) is 28.5 Å². The van der Waals surface area contributed by atoms with Crippen molar-refractivity contribution in [2.45, 2.75) is 46.5 Å². The molecule has 0 bridgehead atoms. The molecule has 0 aliphatic carbocycles. The summed E-state index contributed by atoms with van der Waals surface area (Å²) in [5.41, 5.74) is 10.5. The monoisotopic (exact) mass is 433 g/mol. The standard InChI is InChI=1S/C31H33N2/c1-20(2)23-13-11-14-24(21(3)4)31(23)33-29-16-8-7-12-25(29)27-19-26(22(5)18-30(27)33)28-15-9-10-17-32(28)6/h7-21H,1-6H3/q+1. The van der Waals surface area contributed by atoms with E-state index in [1.54, 1.807) is 0 Å². The highest BCUT2D eigenvalue weighted by atomic mass is 15.0. The van der Waals surface area contributed by atoms with Crippen molar-refractivity contribution < 1.29 is 4.57 Å². The third-order valence-electron chi connectivity index (χ3n) is 6.92. The van der Waals surface area contributed by atoms with E-state index in [9.17, 15) is 0 Å². The minimum atomic E-state index is 0.443. The fourth-order valence-electron chi connectivity index (χ4n) is 5.21. The first-order valence-electron chi connectivity index (χ1n) is 12.0. The van der Waals surface area contributed by atoms with Gasteiger partial charge in [-0.15, -0.1) is 0 Å². The highest BCUT2D eigenvalue weighted by Gasteiger charge is 2.22. The molecule has 33 heavy (non-hydrogen) atoms. The van der Waals surface area contributed by atoms with E-state index in [4.69, 9.17) is 0 Å². The summed E-state index contributed by atoms with van der Waals surface area (Å²) in [6.45, 7) is 11.4. The van der Waals surface area contributed by atoms with Gasteiger partial charge in [0.2, 0.25) is 5.69 Å². The van der Waals surface area contributed by atoms with Gasteiger partial charge in [-0.05, 0) is 59.7 Å². The Bertz CT molecular complexity index is 1460. The molecule has 0 radical (unpaired) electrons. The maximum atomic E-state index is 2.52. The molecule has 0 unspecified atom stereocenters. The van der Waals surface area contributed by atoms with Crippen molar-refractivity contribution in [1.29, 1.82) is 0 Å². The number of rotatable bonds is 4. The molecule has 0 N–H and O–H groups in total. The molecule has 0 aliphatic rings. The van der Waals surface area contributed by atoms with E-state index in [1.807, 2.05) is 0 Å². The Hall–Kier alpha value is -3.39. The SMILES string of the molecule is Cc1cc2c(cc1-c1cccc[n+]1C)c1ccccc1n2-c1c(C(C)C)cccc1C(C)C. The van der Waals surface area contributed by atoms with Gasteiger partial charge in [0.1, 0.15) is 7.05 Å². The molecule has 2 aromatic heterocycles. The molecule has 0 fully saturated rings. The Balaban J connectivity index is 1.93. The minimum Gasteiger partial charge on any atom is -0.309 e. The molecular formula is C31H33N2+. The third-order valence-corrected chi connectivity index (χ3v) is 6.92. The predicted molar refractivity (Wildman–Crippen MR) is 140 cm³/mol. The molecule has 5 rings (SSSR count). The number of nitrogens with zero attached hydrogens (tertiary/aromatic N) is 2. The molecule has 2 nitrogen and oxygen atoms in total. The molecule has 166 valence electrons. The van der Waals surface area contributed by atoms with Crippen LogP contribution in [0.4, 0.5) is 0 Å². The van der Waals surface area contributed by atoms with Crippen LogP contribution < -0.4 is 4.57 Å². The second kappa shape index (κ2) is 8.19. The molecule has 3 aromatic carbocycles. The summed E-state index contributed by atoms with van der Waals surface area (Å²) in [4.78, 5) is 0. The molecule has 2 heterocycles. The highest BCUT2D eigenvalue weighted by molar-refractivity contribution is 6.11. The van der Waals surface area contributed by atoms with E-state index in [1.165, 1.54) is 55.4 Å². The molecule has 5 aromatic rings. The van der Waals surface area contributed by atoms with Gasteiger partial charge < -0.3 is 4.57 Å². The average Bonchev–Trinajstić information content (AvgIpc) is 3.11. The lowest BCUT2D eigenvalue weighted by Crippen LogP contribution is -2.30. The van der Waals surface area contributed by atoms with Crippen LogP contribution in [0, 0.1) is 6.92 Å². The second-order valence-electron chi connectivity index (χ2n) is 9.83. The number of fused-ring (bicyclic) bond motifs is 3. The summed E-state index contributed by atoms with van der Waals surface area (Å²) in [5.74, 6) is 0.886. The lowest BCUT2D eigenvalue weighted by Gasteiger charge is -2.22. The number of pyridine rings is 1. The van der Waals surface area contributed by atoms with Crippen LogP contribution in [0.5, 0.6) is 0 Å². The van der Waals surface area contributed by atoms with Crippen LogP contribution in [0.3, 0.4) is 0 Å². The smallest absolute Gasteiger partial charge is 0.212 e. The van der Waals surface area contributed by atoms with Crippen molar-refractivity contribution in [3.8, 4) is 16.9 Å². The lowest BCUT2D eigenvalue weighted by molar-refractivity contribution is -0.660. The zero-order valence-electron chi connectivity index (χ0n) is 20.6. The lowest BCUT2D eigenvalue weighted by atomic mass is 9.92. The fraction of sp³-hybridized carbons (Fsp3) is 0.258. The van der Waals surface area contributed by atoms with Gasteiger partial charge in [-0.25, -0.2) is 4.57 Å². The van der Waals surface area contributed by atoms with Crippen molar-refractivity contribution in [1.82, 2.24) is 4.57 Å². The van der Waals surface area contributed by atoms with Crippen molar-refractivity contribution in [2.75, 3.05) is 0 Å². The number of para-hydroxylation sites is 2. The minimum absolute atomic E-state index is 0.443. The van der Waals surface area contributed by atoms with E-state index in [2.05, 4.69) is 130 Å². The average molecular weight is 434 g/mol. The van der Waals surface area contributed by atoms with Crippen LogP contribution >= 0.6 is 0 Å². The van der Waals surface area contributed by atoms with Gasteiger partial charge in [0.15, 0.2) is 6.20 Å². The Morgan fingerprint density at radius 1 is 0.697 bits per heavy atom. The molecule has 0 atom stereocenters. The van der Waals surface area contributed by atoms with Crippen LogP contribution in [0.25, 0.3) is 38.8 Å². The first-order chi connectivity index (χ1) is 15.9. The Morgan fingerprint density at radius 3 is 2.03 bits per heavy atom. The summed E-state index contributed by atoms with van der Waals surface area (Å²) in [7, 11) is 2.12. The Kier molecular flexibility index (Phi) is 5.32. The van der Waals surface area contributed by atoms with Crippen molar-refractivity contribution in [3.63, 3.8) is 0 Å². The van der Waals surface area contributed by atoms with E-state index in [0.717, 1.165) is 0 Å². The zero-order chi connectivity index (χ0) is 23.3. The van der Waals surface area contributed by atoms with E-state index < -0.39 is 0 Å². The van der Waals surface area contributed by atoms with Gasteiger partial charge in [-0.1, -0.05) is 64.1 Å². The first kappa shape index (κ1) is 21.5. The molecular weight excluding hydrogens is 400 g/mol. The third kappa shape index (κ3) is 3.45. The topological polar surface area (TPSA) is 8.81 Å². The Morgan fingerprint density at radius 2 is 1.36 bits per heavy atom. The van der Waals surface area contributed by atoms with Crippen molar-refractivity contribution in [3.05, 3.63) is 95.7 Å². The summed E-state index contributed by atoms with van der Waals surface area (Å²) < 4.78 is 4.73. The highest BCUT2D eigenvalue weighted by Crippen LogP contribution is 2.40. The molecule has 0 spiro atoms. The number of hydrogen-bond acceptors (Lipinski definition) is 0. The summed E-state index contributed by atoms with van der Waals surface area (Å²) in [6.07, 6.45) is 2.12. The summed E-state index contributed by atoms with van der Waals surface area (Å²) >= 11 is 0. The van der Waals surface area contributed by atoms with Crippen molar-refractivity contribution in [2.24, 2.45) is 7.05 Å². The zero-order valence-corrected chi connectivity index (χ0v) is 20.6. The van der Waals surface area contributed by atoms with Gasteiger partial charge in [-0.2, -0.15) is 0 Å². The van der Waals surface area contributed by atoms with Gasteiger partial charge in [-0.3, -0.25) is 0 Å². The van der Waals surface area contributed by atoms with Crippen LogP contribution in [0.15, 0.2) is 79.0 Å². The van der Waals surface area contributed by atoms with Gasteiger partial charge in [0.05, 0.1) is 16.7 Å². The number of benzene rings is 3. The first-order valence-corrected chi connectivity index (χ1v) is 12.0. The largest absolute Gasteiger partial charge is 0.309 e. The van der Waals surface area contributed by atoms with Gasteiger partial charge >= 0.3 is 0 Å². The number of hydrogen-bond donors (Lipinski definition) is 0. The number of aromatic nitrogens is 2. The van der Waals surface area contributed by atoms with E-state index in [0.29, 0.717) is 11.8 Å². The van der Waals surface area contributed by atoms with Crippen LogP contribution in [-0.4, -0.2) is 4.57 Å². The Labute approximate surface area is 197 Å². The molecule has 0 aliphatic heterocycles. The van der Waals surface area contributed by atoms with Crippen LogP contribution in [0.1, 0.15) is 56.2 Å².